The third-order valence-electron chi connectivity index (χ3n) is 5.48. The molecule has 0 aliphatic carbocycles. The van der Waals surface area contributed by atoms with Gasteiger partial charge in [0, 0.05) is 18.8 Å². The molecule has 0 radical (unpaired) electrons. The molecule has 3 heterocycles. The maximum atomic E-state index is 13.2. The Morgan fingerprint density at radius 1 is 0.811 bits per heavy atom. The van der Waals surface area contributed by atoms with Gasteiger partial charge in [0.15, 0.2) is 21.5 Å². The van der Waals surface area contributed by atoms with Gasteiger partial charge in [-0.15, -0.1) is 10.2 Å². The van der Waals surface area contributed by atoms with Gasteiger partial charge in [-0.3, -0.25) is 4.98 Å². The third-order valence-corrected chi connectivity index (χ3v) is 7.24. The fourth-order valence-corrected chi connectivity index (χ4v) is 4.51. The zero-order valence-corrected chi connectivity index (χ0v) is 19.9. The molecule has 4 rings (SSSR count). The number of sulfone groups is 1. The second kappa shape index (κ2) is 9.25. The lowest BCUT2D eigenvalue weighted by Crippen LogP contribution is -2.10. The van der Waals surface area contributed by atoms with Gasteiger partial charge in [-0.1, -0.05) is 19.1 Å². The van der Waals surface area contributed by atoms with Crippen molar-refractivity contribution in [1.29, 1.82) is 0 Å². The van der Waals surface area contributed by atoms with Crippen LogP contribution in [0, 0.1) is 0 Å². The van der Waals surface area contributed by atoms with Gasteiger partial charge in [0.25, 0.3) is 0 Å². The van der Waals surface area contributed by atoms with E-state index in [1.165, 1.54) is 42.8 Å². The summed E-state index contributed by atoms with van der Waals surface area (Å²) >= 11 is 0. The van der Waals surface area contributed by atoms with Crippen LogP contribution in [0.3, 0.4) is 0 Å². The Hall–Kier alpha value is -3.81. The lowest BCUT2D eigenvalue weighted by Gasteiger charge is -2.12. The van der Waals surface area contributed by atoms with Crippen LogP contribution in [-0.2, 0) is 29.2 Å². The molecule has 194 valence electrons. The molecule has 0 aliphatic heterocycles. The van der Waals surface area contributed by atoms with E-state index in [-0.39, 0.29) is 44.9 Å². The van der Waals surface area contributed by atoms with Crippen LogP contribution in [0.15, 0.2) is 59.6 Å². The molecule has 4 aromatic rings. The first-order chi connectivity index (χ1) is 17.2. The molecule has 37 heavy (non-hydrogen) atoms. The van der Waals surface area contributed by atoms with Crippen molar-refractivity contribution in [2.45, 2.75) is 24.2 Å². The molecule has 7 nitrogen and oxygen atoms in total. The molecule has 0 amide bonds. The largest absolute Gasteiger partial charge is 0.416 e. The zero-order chi connectivity index (χ0) is 27.2. The van der Waals surface area contributed by atoms with E-state index in [0.29, 0.717) is 0 Å². The summed E-state index contributed by atoms with van der Waals surface area (Å²) in [6.45, 7) is 1.41. The summed E-state index contributed by atoms with van der Waals surface area (Å²) in [5.74, 6) is -0.459. The summed E-state index contributed by atoms with van der Waals surface area (Å²) in [4.78, 5) is 8.06. The van der Waals surface area contributed by atoms with Crippen LogP contribution < -0.4 is 0 Å². The summed E-state index contributed by atoms with van der Waals surface area (Å²) in [5, 5.41) is 7.86. The van der Waals surface area contributed by atoms with Crippen LogP contribution in [-0.4, -0.2) is 38.9 Å². The number of pyridine rings is 2. The molecule has 0 saturated carbocycles. The molecule has 0 saturated heterocycles. The first-order valence-electron chi connectivity index (χ1n) is 10.6. The standard InChI is InChI=1S/C23H17F6N5O2S/c1-3-37(35,36)18-9-8-16(13-4-6-14(7-5-13)22(24,25)26)31-19(18)21-33-32-20(34(21)2)17-12-15(10-11-30-17)23(27,28)29/h4-12H,3H2,1-2H3. The third kappa shape index (κ3) is 5.19. The van der Waals surface area contributed by atoms with Gasteiger partial charge in [0.05, 0.1) is 27.5 Å². The van der Waals surface area contributed by atoms with Crippen molar-refractivity contribution in [2.24, 2.45) is 7.05 Å². The number of hydrogen-bond donors (Lipinski definition) is 0. The van der Waals surface area contributed by atoms with Gasteiger partial charge in [-0.2, -0.15) is 26.3 Å². The maximum absolute atomic E-state index is 13.2. The van der Waals surface area contributed by atoms with E-state index >= 15 is 0 Å². The molecule has 0 bridgehead atoms. The minimum atomic E-state index is -4.63. The molecule has 0 fully saturated rings. The highest BCUT2D eigenvalue weighted by molar-refractivity contribution is 7.91. The predicted octanol–water partition coefficient (Wildman–Crippen LogP) is 5.44. The number of benzene rings is 1. The summed E-state index contributed by atoms with van der Waals surface area (Å²) < 4.78 is 105. The molecule has 0 N–H and O–H groups in total. The number of aromatic nitrogens is 5. The van der Waals surface area contributed by atoms with Crippen molar-refractivity contribution in [2.75, 3.05) is 5.75 Å². The van der Waals surface area contributed by atoms with Gasteiger partial charge >= 0.3 is 12.4 Å². The van der Waals surface area contributed by atoms with Crippen LogP contribution in [0.5, 0.6) is 0 Å². The van der Waals surface area contributed by atoms with Crippen molar-refractivity contribution < 1.29 is 34.8 Å². The minimum absolute atomic E-state index is 0.0809. The van der Waals surface area contributed by atoms with E-state index < -0.39 is 33.3 Å². The van der Waals surface area contributed by atoms with Gasteiger partial charge in [-0.05, 0) is 36.4 Å². The highest BCUT2D eigenvalue weighted by atomic mass is 32.2. The average molecular weight is 541 g/mol. The van der Waals surface area contributed by atoms with Crippen LogP contribution >= 0.6 is 0 Å². The number of alkyl halides is 6. The molecule has 3 aromatic heterocycles. The SMILES string of the molecule is CCS(=O)(=O)c1ccc(-c2ccc(C(F)(F)F)cc2)nc1-c1nnc(-c2cc(C(F)(F)F)ccn2)n1C. The summed E-state index contributed by atoms with van der Waals surface area (Å²) in [7, 11) is -2.45. The monoisotopic (exact) mass is 541 g/mol. The Morgan fingerprint density at radius 2 is 1.43 bits per heavy atom. The lowest BCUT2D eigenvalue weighted by molar-refractivity contribution is -0.138. The molecule has 0 atom stereocenters. The van der Waals surface area contributed by atoms with Gasteiger partial charge in [-0.25, -0.2) is 13.4 Å². The average Bonchev–Trinajstić information content (AvgIpc) is 3.24. The topological polar surface area (TPSA) is 90.6 Å². The van der Waals surface area contributed by atoms with E-state index in [1.54, 1.807) is 0 Å². The summed E-state index contributed by atoms with van der Waals surface area (Å²) in [6, 6.07) is 8.30. The van der Waals surface area contributed by atoms with E-state index in [1.807, 2.05) is 0 Å². The molecule has 14 heteroatoms. The fourth-order valence-electron chi connectivity index (χ4n) is 3.49. The highest BCUT2D eigenvalue weighted by Crippen LogP contribution is 2.34. The number of hydrogen-bond acceptors (Lipinski definition) is 6. The van der Waals surface area contributed by atoms with E-state index in [4.69, 9.17) is 0 Å². The summed E-state index contributed by atoms with van der Waals surface area (Å²) in [5.41, 5.74) is -1.72. The van der Waals surface area contributed by atoms with E-state index in [9.17, 15) is 34.8 Å². The fraction of sp³-hybridized carbons (Fsp3) is 0.217. The van der Waals surface area contributed by atoms with E-state index in [2.05, 4.69) is 20.2 Å². The van der Waals surface area contributed by atoms with E-state index in [0.717, 1.165) is 30.5 Å². The smallest absolute Gasteiger partial charge is 0.307 e. The first-order valence-corrected chi connectivity index (χ1v) is 12.2. The second-order valence-electron chi connectivity index (χ2n) is 7.86. The quantitative estimate of drug-likeness (QED) is 0.313. The Bertz CT molecular complexity index is 1560. The van der Waals surface area contributed by atoms with Crippen molar-refractivity contribution >= 4 is 9.84 Å². The molecular formula is C23H17F6N5O2S. The van der Waals surface area contributed by atoms with Gasteiger partial charge in [0.1, 0.15) is 11.4 Å². The minimum Gasteiger partial charge on any atom is -0.307 e. The van der Waals surface area contributed by atoms with Crippen molar-refractivity contribution in [1.82, 2.24) is 24.7 Å². The zero-order valence-electron chi connectivity index (χ0n) is 19.1. The lowest BCUT2D eigenvalue weighted by atomic mass is 10.1. The Kier molecular flexibility index (Phi) is 6.56. The molecule has 0 aliphatic rings. The van der Waals surface area contributed by atoms with Gasteiger partial charge in [0.2, 0.25) is 0 Å². The molecule has 1 aromatic carbocycles. The Labute approximate surface area is 206 Å². The van der Waals surface area contributed by atoms with Crippen LogP contribution in [0.25, 0.3) is 34.3 Å². The van der Waals surface area contributed by atoms with Crippen molar-refractivity contribution in [3.8, 4) is 34.3 Å². The molecule has 0 unspecified atom stereocenters. The van der Waals surface area contributed by atoms with Crippen LogP contribution in [0.1, 0.15) is 18.1 Å². The number of rotatable bonds is 5. The molecular weight excluding hydrogens is 524 g/mol. The Morgan fingerprint density at radius 3 is 2.03 bits per heavy atom. The molecule has 0 spiro atoms. The van der Waals surface area contributed by atoms with Crippen LogP contribution in [0.4, 0.5) is 26.3 Å². The maximum Gasteiger partial charge on any atom is 0.416 e. The highest BCUT2D eigenvalue weighted by Gasteiger charge is 2.32. The van der Waals surface area contributed by atoms with Gasteiger partial charge < -0.3 is 4.57 Å². The summed E-state index contributed by atoms with van der Waals surface area (Å²) in [6.07, 6.45) is -8.20. The second-order valence-corrected chi connectivity index (χ2v) is 10.1. The van der Waals surface area contributed by atoms with Crippen molar-refractivity contribution in [3.05, 3.63) is 65.9 Å². The first kappa shape index (κ1) is 26.3. The number of halogens is 6. The normalized spacial score (nSPS) is 12.6. The van der Waals surface area contributed by atoms with Crippen molar-refractivity contribution in [3.63, 3.8) is 0 Å². The Balaban J connectivity index is 1.86. The number of nitrogens with zero attached hydrogens (tertiary/aromatic N) is 5. The van der Waals surface area contributed by atoms with Crippen LogP contribution in [0.2, 0.25) is 0 Å². The predicted molar refractivity (Wildman–Crippen MR) is 121 cm³/mol.